The fraction of sp³-hybridized carbons (Fsp3) is 0.500. The smallest absolute Gasteiger partial charge is 0.176 e. The number of Topliss-reactive ketones (excluding diaryl/α,β-unsaturated/α-hetero) is 1. The average Bonchev–Trinajstić information content (AvgIpc) is 2.97. The minimum Gasteiger partial charge on any atom is -0.313 e. The Morgan fingerprint density at radius 3 is 2.92 bits per heavy atom. The molecular weight excluding hydrogens is 326 g/mol. The summed E-state index contributed by atoms with van der Waals surface area (Å²) in [5.41, 5.74) is 6.88. The second kappa shape index (κ2) is 6.56. The lowest BCUT2D eigenvalue weighted by Crippen LogP contribution is -2.45. The first-order valence-electron chi connectivity index (χ1n) is 8.99. The van der Waals surface area contributed by atoms with Gasteiger partial charge >= 0.3 is 0 Å². The number of hydrogen-bond donors (Lipinski definition) is 1. The van der Waals surface area contributed by atoms with Crippen LogP contribution in [0.5, 0.6) is 0 Å². The zero-order valence-electron chi connectivity index (χ0n) is 16.0. The average molecular weight is 351 g/mol. The molecule has 0 aliphatic heterocycles. The summed E-state index contributed by atoms with van der Waals surface area (Å²) in [6.45, 7) is 6.05. The minimum atomic E-state index is -0.402. The van der Waals surface area contributed by atoms with Crippen LogP contribution >= 0.6 is 0 Å². The summed E-state index contributed by atoms with van der Waals surface area (Å²) in [6, 6.07) is 2.09. The summed E-state index contributed by atoms with van der Waals surface area (Å²) in [4.78, 5) is 12.5. The number of aryl methyl sites for hydroxylation is 1. The summed E-state index contributed by atoms with van der Waals surface area (Å²) in [5.74, 6) is -0.0300. The van der Waals surface area contributed by atoms with Crippen molar-refractivity contribution >= 4 is 17.6 Å². The molecule has 0 amide bonds. The monoisotopic (exact) mass is 351 g/mol. The van der Waals surface area contributed by atoms with E-state index in [1.807, 2.05) is 37.7 Å². The van der Waals surface area contributed by atoms with Crippen LogP contribution in [0, 0.1) is 23.2 Å². The van der Waals surface area contributed by atoms with Gasteiger partial charge < -0.3 is 5.43 Å². The Hall–Kier alpha value is -2.68. The van der Waals surface area contributed by atoms with Gasteiger partial charge in [0.05, 0.1) is 23.2 Å². The summed E-state index contributed by atoms with van der Waals surface area (Å²) in [7, 11) is 3.71. The molecule has 6 heteroatoms. The van der Waals surface area contributed by atoms with Gasteiger partial charge in [0.25, 0.3) is 0 Å². The van der Waals surface area contributed by atoms with E-state index < -0.39 is 5.41 Å². The van der Waals surface area contributed by atoms with Crippen molar-refractivity contribution < 1.29 is 4.79 Å². The Kier molecular flexibility index (Phi) is 4.57. The highest BCUT2D eigenvalue weighted by atomic mass is 16.1. The molecule has 0 saturated carbocycles. The third-order valence-electron chi connectivity index (χ3n) is 5.90. The molecule has 3 rings (SSSR count). The van der Waals surface area contributed by atoms with Crippen LogP contribution in [-0.2, 0) is 23.7 Å². The zero-order chi connectivity index (χ0) is 19.1. The maximum atomic E-state index is 12.5. The van der Waals surface area contributed by atoms with E-state index in [9.17, 15) is 10.1 Å². The van der Waals surface area contributed by atoms with Crippen LogP contribution in [0.4, 0.5) is 0 Å². The number of aromatic nitrogens is 2. The second-order valence-electron chi connectivity index (χ2n) is 7.28. The molecule has 1 aromatic rings. The third-order valence-corrected chi connectivity index (χ3v) is 5.90. The Bertz CT molecular complexity index is 883. The normalized spacial score (nSPS) is 28.4. The lowest BCUT2D eigenvalue weighted by atomic mass is 9.58. The van der Waals surface area contributed by atoms with Crippen molar-refractivity contribution in [1.82, 2.24) is 15.2 Å². The van der Waals surface area contributed by atoms with Crippen LogP contribution in [0.2, 0.25) is 0 Å². The van der Waals surface area contributed by atoms with Crippen molar-refractivity contribution in [3.05, 3.63) is 34.7 Å². The molecule has 1 unspecified atom stereocenters. The highest BCUT2D eigenvalue weighted by Gasteiger charge is 2.50. The SMILES string of the molecule is C/C=C(\C=N/NC)c1c2c(nn1C)[C@@]1(C)C=C(C#N)C(=O)C(C)[C@@H]1CC2. The van der Waals surface area contributed by atoms with Crippen molar-refractivity contribution in [2.75, 3.05) is 7.05 Å². The van der Waals surface area contributed by atoms with E-state index in [1.54, 1.807) is 13.3 Å². The van der Waals surface area contributed by atoms with Crippen LogP contribution in [-0.4, -0.2) is 28.8 Å². The van der Waals surface area contributed by atoms with Crippen LogP contribution in [0.1, 0.15) is 44.1 Å². The molecule has 1 heterocycles. The first-order chi connectivity index (χ1) is 12.4. The molecule has 2 aliphatic rings. The second-order valence-corrected chi connectivity index (χ2v) is 7.28. The molecule has 26 heavy (non-hydrogen) atoms. The molecule has 6 nitrogen and oxygen atoms in total. The molecule has 1 N–H and O–H groups in total. The molecule has 0 radical (unpaired) electrons. The lowest BCUT2D eigenvalue weighted by Gasteiger charge is -2.44. The van der Waals surface area contributed by atoms with Gasteiger partial charge in [0.15, 0.2) is 5.78 Å². The first-order valence-corrected chi connectivity index (χ1v) is 8.99. The molecule has 2 aliphatic carbocycles. The number of hydrazone groups is 1. The van der Waals surface area contributed by atoms with Gasteiger partial charge in [-0.1, -0.05) is 26.0 Å². The molecule has 3 atom stereocenters. The lowest BCUT2D eigenvalue weighted by molar-refractivity contribution is -0.121. The molecular formula is C20H25N5O. The molecule has 0 fully saturated rings. The Morgan fingerprint density at radius 1 is 1.58 bits per heavy atom. The van der Waals surface area contributed by atoms with Crippen LogP contribution < -0.4 is 5.43 Å². The van der Waals surface area contributed by atoms with E-state index in [0.717, 1.165) is 29.8 Å². The standard InChI is InChI=1S/C20H25N5O/c1-6-13(11-23-22-4)17-15-7-8-16-12(2)18(26)14(10-21)9-20(16,3)19(15)24-25(17)5/h6,9,11-12,16,22H,7-8H2,1-5H3/b13-6+,23-11-/t12?,16-,20-/m0/s1. The maximum absolute atomic E-state index is 12.5. The Morgan fingerprint density at radius 2 is 2.31 bits per heavy atom. The van der Waals surface area contributed by atoms with Crippen LogP contribution in [0.25, 0.3) is 5.57 Å². The number of nitrogens with one attached hydrogen (secondary N) is 1. The largest absolute Gasteiger partial charge is 0.313 e. The third kappa shape index (κ3) is 2.50. The van der Waals surface area contributed by atoms with E-state index in [0.29, 0.717) is 0 Å². The fourth-order valence-electron chi connectivity index (χ4n) is 4.61. The van der Waals surface area contributed by atoms with E-state index in [-0.39, 0.29) is 23.2 Å². The van der Waals surface area contributed by atoms with Gasteiger partial charge in [-0.2, -0.15) is 15.5 Å². The van der Waals surface area contributed by atoms with E-state index >= 15 is 0 Å². The first kappa shape index (κ1) is 18.1. The predicted molar refractivity (Wildman–Crippen MR) is 101 cm³/mol. The quantitative estimate of drug-likeness (QED) is 0.670. The van der Waals surface area contributed by atoms with Crippen molar-refractivity contribution in [3.63, 3.8) is 0 Å². The van der Waals surface area contributed by atoms with E-state index in [4.69, 9.17) is 5.10 Å². The zero-order valence-corrected chi connectivity index (χ0v) is 16.0. The summed E-state index contributed by atoms with van der Waals surface area (Å²) >= 11 is 0. The molecule has 0 spiro atoms. The number of rotatable bonds is 3. The van der Waals surface area contributed by atoms with Crippen molar-refractivity contribution in [3.8, 4) is 6.07 Å². The molecule has 136 valence electrons. The molecule has 0 bridgehead atoms. The number of fused-ring (bicyclic) bond motifs is 3. The number of nitrogens with zero attached hydrogens (tertiary/aromatic N) is 4. The van der Waals surface area contributed by atoms with Crippen molar-refractivity contribution in [2.45, 2.75) is 39.0 Å². The van der Waals surface area contributed by atoms with E-state index in [2.05, 4.69) is 23.5 Å². The van der Waals surface area contributed by atoms with Crippen molar-refractivity contribution in [1.29, 1.82) is 5.26 Å². The summed E-state index contributed by atoms with van der Waals surface area (Å²) < 4.78 is 1.90. The van der Waals surface area contributed by atoms with Gasteiger partial charge in [0, 0.05) is 36.6 Å². The summed E-state index contributed by atoms with van der Waals surface area (Å²) in [5, 5.41) is 18.4. The fourth-order valence-corrected chi connectivity index (χ4v) is 4.61. The Balaban J connectivity index is 2.20. The minimum absolute atomic E-state index is 0.0372. The Labute approximate surface area is 154 Å². The highest BCUT2D eigenvalue weighted by molar-refractivity contribution is 6.09. The van der Waals surface area contributed by atoms with Gasteiger partial charge in [-0.15, -0.1) is 0 Å². The van der Waals surface area contributed by atoms with Crippen LogP contribution in [0.3, 0.4) is 0 Å². The topological polar surface area (TPSA) is 83.1 Å². The number of carbonyl (C=O) groups excluding carboxylic acids is 1. The van der Waals surface area contributed by atoms with Gasteiger partial charge in [-0.25, -0.2) is 0 Å². The molecule has 0 saturated heterocycles. The van der Waals surface area contributed by atoms with Gasteiger partial charge in [-0.05, 0) is 25.7 Å². The number of hydrogen-bond acceptors (Lipinski definition) is 5. The number of carbonyl (C=O) groups is 1. The van der Waals surface area contributed by atoms with Gasteiger partial charge in [-0.3, -0.25) is 9.48 Å². The maximum Gasteiger partial charge on any atom is 0.176 e. The van der Waals surface area contributed by atoms with Crippen LogP contribution in [0.15, 0.2) is 22.8 Å². The number of nitriles is 1. The predicted octanol–water partition coefficient (Wildman–Crippen LogP) is 2.52. The number of allylic oxidation sites excluding steroid dienone is 4. The highest BCUT2D eigenvalue weighted by Crippen LogP contribution is 2.50. The number of ketones is 1. The van der Waals surface area contributed by atoms with Crippen molar-refractivity contribution in [2.24, 2.45) is 24.0 Å². The van der Waals surface area contributed by atoms with Gasteiger partial charge in [0.2, 0.25) is 0 Å². The van der Waals surface area contributed by atoms with Gasteiger partial charge in [0.1, 0.15) is 6.07 Å². The molecule has 0 aromatic carbocycles. The molecule has 1 aromatic heterocycles. The summed E-state index contributed by atoms with van der Waals surface area (Å²) in [6.07, 6.45) is 7.46. The van der Waals surface area contributed by atoms with E-state index in [1.165, 1.54) is 5.56 Å².